The van der Waals surface area contributed by atoms with E-state index in [9.17, 15) is 9.59 Å². The van der Waals surface area contributed by atoms with Gasteiger partial charge in [-0.2, -0.15) is 5.10 Å². The molecule has 0 aliphatic heterocycles. The van der Waals surface area contributed by atoms with Crippen molar-refractivity contribution in [3.8, 4) is 11.5 Å². The predicted octanol–water partition coefficient (Wildman–Crippen LogP) is 5.33. The van der Waals surface area contributed by atoms with E-state index < -0.39 is 0 Å². The van der Waals surface area contributed by atoms with Crippen molar-refractivity contribution in [2.75, 3.05) is 18.5 Å². The van der Waals surface area contributed by atoms with E-state index in [1.807, 2.05) is 74.5 Å². The molecule has 2 amide bonds. The van der Waals surface area contributed by atoms with E-state index in [1.165, 1.54) is 6.21 Å². The maximum atomic E-state index is 12.5. The van der Waals surface area contributed by atoms with Gasteiger partial charge < -0.3 is 14.8 Å². The molecule has 182 valence electrons. The third-order valence-electron chi connectivity index (χ3n) is 5.44. The first-order valence-corrected chi connectivity index (χ1v) is 11.6. The Balaban J connectivity index is 1.37. The molecule has 7 nitrogen and oxygen atoms in total. The van der Waals surface area contributed by atoms with E-state index in [1.54, 1.807) is 24.3 Å². The van der Waals surface area contributed by atoms with Crippen LogP contribution in [0.25, 0.3) is 10.8 Å². The van der Waals surface area contributed by atoms with Gasteiger partial charge in [0, 0.05) is 11.3 Å². The van der Waals surface area contributed by atoms with Crippen molar-refractivity contribution >= 4 is 34.5 Å². The van der Waals surface area contributed by atoms with Gasteiger partial charge in [0.25, 0.3) is 11.8 Å². The van der Waals surface area contributed by atoms with Gasteiger partial charge in [-0.1, -0.05) is 48.5 Å². The van der Waals surface area contributed by atoms with E-state index in [2.05, 4.69) is 15.8 Å². The second kappa shape index (κ2) is 11.7. The highest BCUT2D eigenvalue weighted by atomic mass is 16.5. The second-order valence-corrected chi connectivity index (χ2v) is 8.05. The molecule has 0 spiro atoms. The summed E-state index contributed by atoms with van der Waals surface area (Å²) in [5, 5.41) is 8.96. The van der Waals surface area contributed by atoms with Gasteiger partial charge in [0.1, 0.15) is 0 Å². The van der Waals surface area contributed by atoms with Gasteiger partial charge in [0.05, 0.1) is 12.8 Å². The van der Waals surface area contributed by atoms with Crippen LogP contribution in [0.2, 0.25) is 0 Å². The zero-order chi connectivity index (χ0) is 25.3. The van der Waals surface area contributed by atoms with Crippen LogP contribution >= 0.6 is 0 Å². The molecule has 0 fully saturated rings. The van der Waals surface area contributed by atoms with Crippen LogP contribution in [0.3, 0.4) is 0 Å². The number of carbonyl (C=O) groups excluding carboxylic acids is 2. The summed E-state index contributed by atoms with van der Waals surface area (Å²) in [7, 11) is 0. The zero-order valence-corrected chi connectivity index (χ0v) is 20.2. The minimum absolute atomic E-state index is 0.163. The summed E-state index contributed by atoms with van der Waals surface area (Å²) in [6.45, 7) is 4.04. The van der Waals surface area contributed by atoms with Gasteiger partial charge in [0.2, 0.25) is 0 Å². The molecular weight excluding hydrogens is 454 g/mol. The Kier molecular flexibility index (Phi) is 7.93. The normalized spacial score (nSPS) is 10.8. The van der Waals surface area contributed by atoms with Crippen LogP contribution in [-0.4, -0.2) is 31.2 Å². The van der Waals surface area contributed by atoms with Crippen molar-refractivity contribution in [1.29, 1.82) is 0 Å². The quantitative estimate of drug-likeness (QED) is 0.250. The van der Waals surface area contributed by atoms with E-state index in [0.717, 1.165) is 22.0 Å². The number of nitrogens with one attached hydrogen (secondary N) is 2. The van der Waals surface area contributed by atoms with E-state index in [0.29, 0.717) is 29.2 Å². The topological polar surface area (TPSA) is 89.0 Å². The molecule has 0 bridgehead atoms. The fourth-order valence-corrected chi connectivity index (χ4v) is 3.60. The lowest BCUT2D eigenvalue weighted by molar-refractivity contribution is -0.118. The number of benzene rings is 4. The van der Waals surface area contributed by atoms with E-state index >= 15 is 0 Å². The number of ether oxygens (including phenoxy) is 2. The standard InChI is InChI=1S/C29H27N3O4/c1-3-35-27-16-21(12-15-26(27)36-19-28(33)31-25-11-7-4-8-20(25)2)18-30-32-29(34)24-14-13-22-9-5-6-10-23(22)17-24/h4-18H,3,19H2,1-2H3,(H,31,33)(H,32,34)/b30-18-. The van der Waals surface area contributed by atoms with Crippen molar-refractivity contribution in [2.45, 2.75) is 13.8 Å². The van der Waals surface area contributed by atoms with Gasteiger partial charge >= 0.3 is 0 Å². The first-order valence-electron chi connectivity index (χ1n) is 11.6. The number of carbonyl (C=O) groups is 2. The molecular formula is C29H27N3O4. The van der Waals surface area contributed by atoms with Crippen LogP contribution in [0.1, 0.15) is 28.4 Å². The van der Waals surface area contributed by atoms with Gasteiger partial charge in [-0.05, 0) is 72.1 Å². The maximum Gasteiger partial charge on any atom is 0.271 e. The largest absolute Gasteiger partial charge is 0.490 e. The van der Waals surface area contributed by atoms with Gasteiger partial charge in [-0.25, -0.2) is 5.43 Å². The number of amides is 2. The highest BCUT2D eigenvalue weighted by molar-refractivity contribution is 5.99. The molecule has 0 aliphatic rings. The van der Waals surface area contributed by atoms with Crippen LogP contribution < -0.4 is 20.2 Å². The molecule has 0 unspecified atom stereocenters. The van der Waals surface area contributed by atoms with E-state index in [-0.39, 0.29) is 18.4 Å². The summed E-state index contributed by atoms with van der Waals surface area (Å²) in [6.07, 6.45) is 1.52. The molecule has 0 heterocycles. The molecule has 0 aromatic heterocycles. The van der Waals surface area contributed by atoms with Crippen LogP contribution in [0.15, 0.2) is 90.0 Å². The maximum absolute atomic E-state index is 12.5. The Morgan fingerprint density at radius 2 is 1.64 bits per heavy atom. The number of fused-ring (bicyclic) bond motifs is 1. The third kappa shape index (κ3) is 6.27. The average molecular weight is 482 g/mol. The monoisotopic (exact) mass is 481 g/mol. The number of anilines is 1. The lowest BCUT2D eigenvalue weighted by Gasteiger charge is -2.13. The van der Waals surface area contributed by atoms with Crippen molar-refractivity contribution in [1.82, 2.24) is 5.43 Å². The molecule has 0 atom stereocenters. The lowest BCUT2D eigenvalue weighted by atomic mass is 10.1. The molecule has 0 aliphatic carbocycles. The molecule has 7 heteroatoms. The molecule has 4 aromatic rings. The highest BCUT2D eigenvalue weighted by Gasteiger charge is 2.10. The Hall–Kier alpha value is -4.65. The molecule has 4 aromatic carbocycles. The van der Waals surface area contributed by atoms with Gasteiger partial charge in [-0.15, -0.1) is 0 Å². The van der Waals surface area contributed by atoms with Crippen LogP contribution in [0.5, 0.6) is 11.5 Å². The zero-order valence-electron chi connectivity index (χ0n) is 20.2. The van der Waals surface area contributed by atoms with Crippen LogP contribution in [0, 0.1) is 6.92 Å². The van der Waals surface area contributed by atoms with Gasteiger partial charge in [-0.3, -0.25) is 9.59 Å². The van der Waals surface area contributed by atoms with Crippen LogP contribution in [0.4, 0.5) is 5.69 Å². The molecule has 36 heavy (non-hydrogen) atoms. The summed E-state index contributed by atoms with van der Waals surface area (Å²) in [5.74, 6) is 0.343. The molecule has 0 saturated carbocycles. The SMILES string of the molecule is CCOc1cc(/C=N\NC(=O)c2ccc3ccccc3c2)ccc1OCC(=O)Nc1ccccc1C. The highest BCUT2D eigenvalue weighted by Crippen LogP contribution is 2.28. The summed E-state index contributed by atoms with van der Waals surface area (Å²) < 4.78 is 11.4. The smallest absolute Gasteiger partial charge is 0.271 e. The number of hydrazone groups is 1. The van der Waals surface area contributed by atoms with Crippen LogP contribution in [-0.2, 0) is 4.79 Å². The summed E-state index contributed by atoms with van der Waals surface area (Å²) in [6, 6.07) is 26.1. The molecule has 2 N–H and O–H groups in total. The van der Waals surface area contributed by atoms with Gasteiger partial charge in [0.15, 0.2) is 18.1 Å². The fraction of sp³-hybridized carbons (Fsp3) is 0.138. The van der Waals surface area contributed by atoms with Crippen molar-refractivity contribution in [3.05, 3.63) is 102 Å². The Morgan fingerprint density at radius 1 is 0.861 bits per heavy atom. The minimum atomic E-state index is -0.304. The average Bonchev–Trinajstić information content (AvgIpc) is 2.89. The number of rotatable bonds is 9. The Morgan fingerprint density at radius 3 is 2.44 bits per heavy atom. The lowest BCUT2D eigenvalue weighted by Crippen LogP contribution is -2.20. The summed E-state index contributed by atoms with van der Waals surface area (Å²) in [5.41, 5.74) is 5.49. The molecule has 4 rings (SSSR count). The first-order chi connectivity index (χ1) is 17.5. The first kappa shape index (κ1) is 24.5. The number of para-hydroxylation sites is 1. The number of aryl methyl sites for hydroxylation is 1. The number of hydrogen-bond acceptors (Lipinski definition) is 5. The number of nitrogens with zero attached hydrogens (tertiary/aromatic N) is 1. The molecule has 0 radical (unpaired) electrons. The summed E-state index contributed by atoms with van der Waals surface area (Å²) in [4.78, 5) is 24.8. The fourth-order valence-electron chi connectivity index (χ4n) is 3.60. The number of hydrogen-bond donors (Lipinski definition) is 2. The molecule has 0 saturated heterocycles. The Bertz CT molecular complexity index is 1410. The van der Waals surface area contributed by atoms with E-state index in [4.69, 9.17) is 9.47 Å². The third-order valence-corrected chi connectivity index (χ3v) is 5.44. The minimum Gasteiger partial charge on any atom is -0.490 e. The van der Waals surface area contributed by atoms with Crippen molar-refractivity contribution in [3.63, 3.8) is 0 Å². The Labute approximate surface area is 209 Å². The predicted molar refractivity (Wildman–Crippen MR) is 142 cm³/mol. The second-order valence-electron chi connectivity index (χ2n) is 8.05. The van der Waals surface area contributed by atoms with Crippen molar-refractivity contribution < 1.29 is 19.1 Å². The summed E-state index contributed by atoms with van der Waals surface area (Å²) >= 11 is 0. The van der Waals surface area contributed by atoms with Crippen molar-refractivity contribution in [2.24, 2.45) is 5.10 Å².